The smallest absolute Gasteiger partial charge is 0.200 e. The second kappa shape index (κ2) is 6.11. The minimum atomic E-state index is 0.363. The molecular formula is C18H22N6. The molecule has 124 valence electrons. The van der Waals surface area contributed by atoms with E-state index in [4.69, 9.17) is 0 Å². The first-order valence-corrected chi connectivity index (χ1v) is 8.48. The van der Waals surface area contributed by atoms with Crippen molar-refractivity contribution in [2.24, 2.45) is 0 Å². The quantitative estimate of drug-likeness (QED) is 0.800. The van der Waals surface area contributed by atoms with E-state index in [-0.39, 0.29) is 0 Å². The number of rotatable bonds is 4. The van der Waals surface area contributed by atoms with Crippen molar-refractivity contribution in [3.05, 3.63) is 48.4 Å². The molecule has 0 aliphatic carbocycles. The van der Waals surface area contributed by atoms with Crippen molar-refractivity contribution in [1.82, 2.24) is 19.8 Å². The van der Waals surface area contributed by atoms with Crippen molar-refractivity contribution in [3.63, 3.8) is 0 Å². The van der Waals surface area contributed by atoms with Gasteiger partial charge in [0, 0.05) is 24.8 Å². The Morgan fingerprint density at radius 1 is 1.21 bits per heavy atom. The molecular weight excluding hydrogens is 300 g/mol. The first kappa shape index (κ1) is 14.9. The normalized spacial score (nSPS) is 17.8. The molecule has 1 atom stereocenters. The lowest BCUT2D eigenvalue weighted by Crippen LogP contribution is -2.26. The van der Waals surface area contributed by atoms with E-state index in [1.165, 1.54) is 5.69 Å². The van der Waals surface area contributed by atoms with E-state index in [9.17, 15) is 0 Å². The highest BCUT2D eigenvalue weighted by atomic mass is 15.4. The highest BCUT2D eigenvalue weighted by Gasteiger charge is 2.23. The van der Waals surface area contributed by atoms with E-state index in [1.54, 1.807) is 10.8 Å². The maximum atomic E-state index is 4.57. The molecule has 0 bridgehead atoms. The maximum Gasteiger partial charge on any atom is 0.200 e. The van der Waals surface area contributed by atoms with Gasteiger partial charge in [0.1, 0.15) is 6.33 Å². The van der Waals surface area contributed by atoms with Gasteiger partial charge in [-0.1, -0.05) is 32.0 Å². The Balaban J connectivity index is 1.56. The topological polar surface area (TPSA) is 58.3 Å². The highest BCUT2D eigenvalue weighted by molar-refractivity contribution is 5.67. The molecule has 0 amide bonds. The van der Waals surface area contributed by atoms with Crippen LogP contribution in [0.4, 0.5) is 11.4 Å². The molecule has 0 saturated carbocycles. The SMILES string of the molecule is CC(C)c1cc(NC2CCN(c3ccccc3)C2)c2nncn2n1. The predicted molar refractivity (Wildman–Crippen MR) is 95.6 cm³/mol. The van der Waals surface area contributed by atoms with Crippen LogP contribution in [-0.2, 0) is 0 Å². The van der Waals surface area contributed by atoms with E-state index in [0.29, 0.717) is 12.0 Å². The summed E-state index contributed by atoms with van der Waals surface area (Å²) in [5.74, 6) is 0.363. The Labute approximate surface area is 141 Å². The molecule has 24 heavy (non-hydrogen) atoms. The van der Waals surface area contributed by atoms with Crippen LogP contribution >= 0.6 is 0 Å². The fourth-order valence-electron chi connectivity index (χ4n) is 3.21. The molecule has 4 rings (SSSR count). The van der Waals surface area contributed by atoms with Crippen molar-refractivity contribution in [2.45, 2.75) is 32.2 Å². The Hall–Kier alpha value is -2.63. The van der Waals surface area contributed by atoms with Gasteiger partial charge in [-0.15, -0.1) is 10.2 Å². The van der Waals surface area contributed by atoms with Gasteiger partial charge in [-0.2, -0.15) is 9.61 Å². The number of para-hydroxylation sites is 1. The monoisotopic (exact) mass is 322 g/mol. The molecule has 6 heteroatoms. The van der Waals surface area contributed by atoms with E-state index >= 15 is 0 Å². The molecule has 1 aliphatic heterocycles. The molecule has 2 aromatic heterocycles. The minimum Gasteiger partial charge on any atom is -0.377 e. The zero-order chi connectivity index (χ0) is 16.5. The van der Waals surface area contributed by atoms with Gasteiger partial charge in [0.25, 0.3) is 0 Å². The standard InChI is InChI=1S/C18H22N6/c1-13(2)16-10-17(18-21-19-12-24(18)22-16)20-14-8-9-23(11-14)15-6-4-3-5-7-15/h3-7,10,12-14,20H,8-9,11H2,1-2H3. The first-order chi connectivity index (χ1) is 11.7. The third kappa shape index (κ3) is 2.79. The number of nitrogens with zero attached hydrogens (tertiary/aromatic N) is 5. The lowest BCUT2D eigenvalue weighted by Gasteiger charge is -2.20. The second-order valence-electron chi connectivity index (χ2n) is 6.65. The summed E-state index contributed by atoms with van der Waals surface area (Å²) in [6.07, 6.45) is 2.77. The van der Waals surface area contributed by atoms with E-state index in [1.807, 2.05) is 0 Å². The summed E-state index contributed by atoms with van der Waals surface area (Å²) in [4.78, 5) is 2.42. The largest absolute Gasteiger partial charge is 0.377 e. The van der Waals surface area contributed by atoms with Crippen molar-refractivity contribution in [2.75, 3.05) is 23.3 Å². The Morgan fingerprint density at radius 2 is 2.04 bits per heavy atom. The number of hydrogen-bond donors (Lipinski definition) is 1. The zero-order valence-corrected chi connectivity index (χ0v) is 14.1. The number of benzene rings is 1. The molecule has 1 unspecified atom stereocenters. The van der Waals surface area contributed by atoms with Crippen LogP contribution in [-0.4, -0.2) is 38.9 Å². The van der Waals surface area contributed by atoms with Crippen molar-refractivity contribution >= 4 is 17.0 Å². The molecule has 1 N–H and O–H groups in total. The Kier molecular flexibility index (Phi) is 3.80. The van der Waals surface area contributed by atoms with Crippen LogP contribution in [0.1, 0.15) is 31.9 Å². The predicted octanol–water partition coefficient (Wildman–Crippen LogP) is 2.94. The summed E-state index contributed by atoms with van der Waals surface area (Å²) in [6.45, 7) is 6.35. The van der Waals surface area contributed by atoms with Crippen LogP contribution in [0.25, 0.3) is 5.65 Å². The zero-order valence-electron chi connectivity index (χ0n) is 14.1. The number of nitrogens with one attached hydrogen (secondary N) is 1. The van der Waals surface area contributed by atoms with Gasteiger partial charge in [0.05, 0.1) is 11.4 Å². The van der Waals surface area contributed by atoms with Crippen molar-refractivity contribution < 1.29 is 0 Å². The van der Waals surface area contributed by atoms with Gasteiger partial charge in [0.15, 0.2) is 0 Å². The van der Waals surface area contributed by atoms with Gasteiger partial charge in [-0.3, -0.25) is 0 Å². The van der Waals surface area contributed by atoms with E-state index < -0.39 is 0 Å². The van der Waals surface area contributed by atoms with Gasteiger partial charge < -0.3 is 10.2 Å². The minimum absolute atomic E-state index is 0.363. The van der Waals surface area contributed by atoms with Crippen LogP contribution in [0.5, 0.6) is 0 Å². The fraction of sp³-hybridized carbons (Fsp3) is 0.389. The molecule has 3 heterocycles. The summed E-state index contributed by atoms with van der Waals surface area (Å²) in [5, 5.41) is 16.4. The Bertz CT molecular complexity index is 826. The van der Waals surface area contributed by atoms with Gasteiger partial charge >= 0.3 is 0 Å². The molecule has 0 spiro atoms. The second-order valence-corrected chi connectivity index (χ2v) is 6.65. The Morgan fingerprint density at radius 3 is 2.83 bits per heavy atom. The molecule has 1 aliphatic rings. The summed E-state index contributed by atoms with van der Waals surface area (Å²) >= 11 is 0. The molecule has 3 aromatic rings. The van der Waals surface area contributed by atoms with E-state index in [0.717, 1.165) is 36.5 Å². The highest BCUT2D eigenvalue weighted by Crippen LogP contribution is 2.25. The summed E-state index contributed by atoms with van der Waals surface area (Å²) in [7, 11) is 0. The van der Waals surface area contributed by atoms with Crippen molar-refractivity contribution in [3.8, 4) is 0 Å². The van der Waals surface area contributed by atoms with Crippen LogP contribution in [0.15, 0.2) is 42.7 Å². The number of hydrogen-bond acceptors (Lipinski definition) is 5. The van der Waals surface area contributed by atoms with Crippen LogP contribution in [0, 0.1) is 0 Å². The first-order valence-electron chi connectivity index (χ1n) is 8.48. The summed E-state index contributed by atoms with van der Waals surface area (Å²) < 4.78 is 1.77. The summed E-state index contributed by atoms with van der Waals surface area (Å²) in [5.41, 5.74) is 4.14. The molecule has 0 radical (unpaired) electrons. The lowest BCUT2D eigenvalue weighted by molar-refractivity contribution is 0.756. The van der Waals surface area contributed by atoms with Crippen LogP contribution in [0.2, 0.25) is 0 Å². The number of fused-ring (bicyclic) bond motifs is 1. The third-order valence-corrected chi connectivity index (χ3v) is 4.55. The number of anilines is 2. The van der Waals surface area contributed by atoms with E-state index in [2.05, 4.69) is 75.8 Å². The third-order valence-electron chi connectivity index (χ3n) is 4.55. The average molecular weight is 322 g/mol. The van der Waals surface area contributed by atoms with Crippen molar-refractivity contribution in [1.29, 1.82) is 0 Å². The van der Waals surface area contributed by atoms with Crippen LogP contribution in [0.3, 0.4) is 0 Å². The maximum absolute atomic E-state index is 4.57. The van der Waals surface area contributed by atoms with Gasteiger partial charge in [-0.25, -0.2) is 0 Å². The summed E-state index contributed by atoms with van der Waals surface area (Å²) in [6, 6.07) is 13.1. The van der Waals surface area contributed by atoms with Gasteiger partial charge in [-0.05, 0) is 30.5 Å². The van der Waals surface area contributed by atoms with Crippen LogP contribution < -0.4 is 10.2 Å². The molecule has 6 nitrogen and oxygen atoms in total. The number of aromatic nitrogens is 4. The molecule has 1 fully saturated rings. The lowest BCUT2D eigenvalue weighted by atomic mass is 10.1. The van der Waals surface area contributed by atoms with Gasteiger partial charge in [0.2, 0.25) is 5.65 Å². The molecule has 1 aromatic carbocycles. The average Bonchev–Trinajstić information content (AvgIpc) is 3.24. The molecule has 1 saturated heterocycles. The fourth-order valence-corrected chi connectivity index (χ4v) is 3.21.